The summed E-state index contributed by atoms with van der Waals surface area (Å²) in [6.07, 6.45) is 12.3. The molecule has 49 heavy (non-hydrogen) atoms. The first kappa shape index (κ1) is 60.7. The van der Waals surface area contributed by atoms with E-state index in [0.717, 1.165) is 99.1 Å². The minimum atomic E-state index is -4.60. The number of carbonyl (C=O) groups excluding carboxylic acids is 2. The standard InChI is InChI=1S/C27H52N2O10P2S4.4Li/c1-5-42-44-26(17-20-38-40(32,33)34)24(3)28(22-30)18-15-13-11-9-7-8-10-12-14-16-19-29(23-31)25(4)27(45-43-6-2)21-39-41(35,36)37;;;;/h22-23H,5-21H2,1-4H3,(H2,32,33,34)(H2,35,36,37);;;;/q;4*+1/b26-24-,27-25-;;;;. The van der Waals surface area contributed by atoms with Crippen molar-refractivity contribution in [3.05, 3.63) is 21.2 Å². The third-order valence-electron chi connectivity index (χ3n) is 6.48. The number of hydrogen-bond donors (Lipinski definition) is 4. The Morgan fingerprint density at radius 2 is 0.959 bits per heavy atom. The maximum atomic E-state index is 11.8. The van der Waals surface area contributed by atoms with Crippen molar-refractivity contribution in [2.45, 2.75) is 98.3 Å². The number of phosphoric acid groups is 2. The molecule has 0 aromatic carbocycles. The molecule has 264 valence electrons. The summed E-state index contributed by atoms with van der Waals surface area (Å²) in [5.41, 5.74) is 1.44. The Morgan fingerprint density at radius 1 is 0.612 bits per heavy atom. The smallest absolute Gasteiger partial charge is 0.318 e. The van der Waals surface area contributed by atoms with E-state index in [2.05, 4.69) is 9.05 Å². The van der Waals surface area contributed by atoms with Crippen LogP contribution in [0.2, 0.25) is 0 Å². The van der Waals surface area contributed by atoms with Crippen molar-refractivity contribution in [1.29, 1.82) is 0 Å². The zero-order chi connectivity index (χ0) is 34.1. The van der Waals surface area contributed by atoms with E-state index < -0.39 is 15.6 Å². The molecule has 0 unspecified atom stereocenters. The van der Waals surface area contributed by atoms with Gasteiger partial charge in [-0.2, -0.15) is 0 Å². The molecule has 0 heterocycles. The molecular weight excluding hydrogens is 730 g/mol. The van der Waals surface area contributed by atoms with Crippen LogP contribution in [0.15, 0.2) is 21.2 Å². The normalized spacial score (nSPS) is 12.2. The fourth-order valence-electron chi connectivity index (χ4n) is 4.03. The van der Waals surface area contributed by atoms with Gasteiger partial charge in [0.05, 0.1) is 13.2 Å². The summed E-state index contributed by atoms with van der Waals surface area (Å²) in [6, 6.07) is 0. The van der Waals surface area contributed by atoms with Gasteiger partial charge in [-0.3, -0.25) is 18.6 Å². The summed E-state index contributed by atoms with van der Waals surface area (Å²) in [7, 11) is -3.14. The van der Waals surface area contributed by atoms with Gasteiger partial charge in [0.25, 0.3) is 0 Å². The molecule has 0 radical (unpaired) electrons. The van der Waals surface area contributed by atoms with E-state index >= 15 is 0 Å². The third-order valence-corrected chi connectivity index (χ3v) is 12.8. The molecule has 0 aromatic rings. The van der Waals surface area contributed by atoms with Gasteiger partial charge >= 0.3 is 91.1 Å². The van der Waals surface area contributed by atoms with Crippen molar-refractivity contribution in [2.75, 3.05) is 37.8 Å². The van der Waals surface area contributed by atoms with E-state index in [9.17, 15) is 18.7 Å². The van der Waals surface area contributed by atoms with Crippen LogP contribution in [0.1, 0.15) is 98.3 Å². The first-order chi connectivity index (χ1) is 21.3. The van der Waals surface area contributed by atoms with Crippen molar-refractivity contribution >= 4 is 71.6 Å². The number of carbonyl (C=O) groups is 2. The first-order valence-electron chi connectivity index (χ1n) is 15.1. The van der Waals surface area contributed by atoms with E-state index in [1.165, 1.54) is 32.4 Å². The number of amides is 2. The average molecular weight is 783 g/mol. The van der Waals surface area contributed by atoms with Crippen LogP contribution in [-0.4, -0.2) is 80.0 Å². The van der Waals surface area contributed by atoms with Gasteiger partial charge in [-0.25, -0.2) is 9.13 Å². The predicted octanol–water partition coefficient (Wildman–Crippen LogP) is -4.31. The number of hydrogen-bond acceptors (Lipinski definition) is 10. The van der Waals surface area contributed by atoms with Crippen LogP contribution in [0.4, 0.5) is 0 Å². The van der Waals surface area contributed by atoms with Gasteiger partial charge in [0, 0.05) is 52.2 Å². The van der Waals surface area contributed by atoms with E-state index in [0.29, 0.717) is 30.1 Å². The summed E-state index contributed by atoms with van der Waals surface area (Å²) in [5, 5.41) is 0. The second kappa shape index (κ2) is 37.4. The zero-order valence-corrected chi connectivity index (χ0v) is 35.9. The molecule has 12 nitrogen and oxygen atoms in total. The van der Waals surface area contributed by atoms with Crippen molar-refractivity contribution in [2.24, 2.45) is 0 Å². The van der Waals surface area contributed by atoms with Crippen LogP contribution in [-0.2, 0) is 27.8 Å². The van der Waals surface area contributed by atoms with Gasteiger partial charge in [-0.1, -0.05) is 108 Å². The fourth-order valence-corrected chi connectivity index (χ4v) is 8.69. The van der Waals surface area contributed by atoms with Crippen LogP contribution in [0, 0.1) is 0 Å². The topological polar surface area (TPSA) is 174 Å². The van der Waals surface area contributed by atoms with Gasteiger partial charge in [-0.05, 0) is 26.7 Å². The predicted molar refractivity (Wildman–Crippen MR) is 189 cm³/mol. The van der Waals surface area contributed by atoms with Crippen molar-refractivity contribution in [3.8, 4) is 0 Å². The molecule has 0 aliphatic rings. The zero-order valence-electron chi connectivity index (χ0n) is 30.8. The van der Waals surface area contributed by atoms with E-state index in [1.54, 1.807) is 27.5 Å². The first-order valence-corrected chi connectivity index (χ1v) is 22.8. The number of unbranched alkanes of at least 4 members (excludes halogenated alkanes) is 9. The number of phosphoric ester groups is 2. The maximum Gasteiger partial charge on any atom is 1.00 e. The molecule has 22 heteroatoms. The molecule has 4 N–H and O–H groups in total. The maximum absolute atomic E-state index is 11.8. The molecule has 2 amide bonds. The quantitative estimate of drug-likeness (QED) is 0.0181. The molecule has 0 saturated carbocycles. The second-order valence-electron chi connectivity index (χ2n) is 9.97. The summed E-state index contributed by atoms with van der Waals surface area (Å²) in [6.45, 7) is 8.38. The summed E-state index contributed by atoms with van der Waals surface area (Å²) < 4.78 is 31.4. The molecule has 0 atom stereocenters. The fraction of sp³-hybridized carbons (Fsp3) is 0.778. The molecule has 0 rings (SSSR count). The molecule has 0 aliphatic heterocycles. The minimum absolute atomic E-state index is 0. The monoisotopic (exact) mass is 782 g/mol. The largest absolute Gasteiger partial charge is 1.00 e. The Bertz CT molecular complexity index is 1010. The Labute approximate surface area is 358 Å². The number of rotatable bonds is 30. The third kappa shape index (κ3) is 34.6. The van der Waals surface area contributed by atoms with E-state index in [-0.39, 0.29) is 88.7 Å². The number of allylic oxidation sites excluding steroid dienone is 2. The summed E-state index contributed by atoms with van der Waals surface area (Å²) >= 11 is 0. The molecule has 0 spiro atoms. The Kier molecular flexibility index (Phi) is 46.3. The van der Waals surface area contributed by atoms with E-state index in [1.807, 2.05) is 20.8 Å². The van der Waals surface area contributed by atoms with E-state index in [4.69, 9.17) is 19.6 Å². The van der Waals surface area contributed by atoms with Gasteiger partial charge in [0.2, 0.25) is 12.8 Å². The van der Waals surface area contributed by atoms with Crippen molar-refractivity contribution < 1.29 is 123 Å². The van der Waals surface area contributed by atoms with Crippen LogP contribution in [0.25, 0.3) is 0 Å². The van der Waals surface area contributed by atoms with Crippen LogP contribution in [0.3, 0.4) is 0 Å². The number of nitrogens with zero attached hydrogens (tertiary/aromatic N) is 2. The van der Waals surface area contributed by atoms with Crippen molar-refractivity contribution in [3.63, 3.8) is 0 Å². The van der Waals surface area contributed by atoms with Crippen LogP contribution < -0.4 is 75.4 Å². The van der Waals surface area contributed by atoms with Gasteiger partial charge < -0.3 is 29.4 Å². The van der Waals surface area contributed by atoms with Gasteiger partial charge in [0.15, 0.2) is 0 Å². The molecular formula is C27H52Li4N2O10P2S4+4. The van der Waals surface area contributed by atoms with Crippen molar-refractivity contribution in [1.82, 2.24) is 9.80 Å². The van der Waals surface area contributed by atoms with Gasteiger partial charge in [-0.15, -0.1) is 0 Å². The molecule has 0 bridgehead atoms. The molecule has 0 fully saturated rings. The summed E-state index contributed by atoms with van der Waals surface area (Å²) in [4.78, 5) is 64.1. The molecule has 0 aromatic heterocycles. The van der Waals surface area contributed by atoms with Gasteiger partial charge in [0.1, 0.15) is 0 Å². The Balaban J connectivity index is -0.00000161. The minimum Gasteiger partial charge on any atom is -0.318 e. The van der Waals surface area contributed by atoms with Crippen LogP contribution >= 0.6 is 58.8 Å². The SMILES string of the molecule is CCSS/C(CCOP(=O)(O)O)=C(/C)N(C=O)CCCCCCCCCCCCN(C=O)/C(C)=C(/COP(=O)(O)O)SSCC.[Li+].[Li+].[Li+].[Li+]. The average Bonchev–Trinajstić information content (AvgIpc) is 2.97. The molecule has 0 saturated heterocycles. The Hall–Kier alpha value is 2.43. The summed E-state index contributed by atoms with van der Waals surface area (Å²) in [5.74, 6) is 1.66. The molecule has 0 aliphatic carbocycles. The Morgan fingerprint density at radius 3 is 1.31 bits per heavy atom. The van der Waals surface area contributed by atoms with Crippen LogP contribution in [0.5, 0.6) is 0 Å². The second-order valence-corrected chi connectivity index (χ2v) is 17.8.